The van der Waals surface area contributed by atoms with Crippen LogP contribution in [0.4, 0.5) is 11.4 Å². The third kappa shape index (κ3) is 4.51. The molecule has 0 bridgehead atoms. The van der Waals surface area contributed by atoms with Crippen LogP contribution in [0.5, 0.6) is 0 Å². The van der Waals surface area contributed by atoms with Crippen molar-refractivity contribution in [3.8, 4) is 11.1 Å². The summed E-state index contributed by atoms with van der Waals surface area (Å²) in [4.78, 5) is 14.8. The van der Waals surface area contributed by atoms with Crippen LogP contribution in [0.3, 0.4) is 0 Å². The maximum Gasteiger partial charge on any atom is 0.402 e. The van der Waals surface area contributed by atoms with Gasteiger partial charge in [-0.25, -0.2) is 4.79 Å². The molecule has 0 saturated carbocycles. The van der Waals surface area contributed by atoms with Crippen LogP contribution in [-0.2, 0) is 11.2 Å². The van der Waals surface area contributed by atoms with Crippen LogP contribution in [0.15, 0.2) is 83.0 Å². The van der Waals surface area contributed by atoms with Gasteiger partial charge in [-0.3, -0.25) is 0 Å². The molecule has 31 heavy (non-hydrogen) atoms. The summed E-state index contributed by atoms with van der Waals surface area (Å²) in [6, 6.07) is 24.1. The summed E-state index contributed by atoms with van der Waals surface area (Å²) in [5, 5.41) is 9.91. The number of fused-ring (bicyclic) bond motifs is 1. The van der Waals surface area contributed by atoms with Crippen LogP contribution in [0.2, 0.25) is 0 Å². The Morgan fingerprint density at radius 1 is 0.935 bits per heavy atom. The van der Waals surface area contributed by atoms with Gasteiger partial charge in [0.25, 0.3) is 0 Å². The van der Waals surface area contributed by atoms with E-state index in [1.165, 1.54) is 10.9 Å². The second-order valence-electron chi connectivity index (χ2n) is 7.58. The smallest absolute Gasteiger partial charge is 0.358 e. The van der Waals surface area contributed by atoms with Crippen molar-refractivity contribution in [2.24, 2.45) is 16.0 Å². The van der Waals surface area contributed by atoms with E-state index < -0.39 is 0 Å². The van der Waals surface area contributed by atoms with Crippen LogP contribution in [-0.4, -0.2) is 10.9 Å². The second-order valence-corrected chi connectivity index (χ2v) is 7.58. The summed E-state index contributed by atoms with van der Waals surface area (Å²) in [6.45, 7) is 4.03. The molecule has 3 aromatic carbocycles. The lowest BCUT2D eigenvalue weighted by Gasteiger charge is -2.03. The number of hydrogen-bond acceptors (Lipinski definition) is 3. The van der Waals surface area contributed by atoms with Crippen molar-refractivity contribution in [1.82, 2.24) is 4.98 Å². The van der Waals surface area contributed by atoms with Crippen molar-refractivity contribution in [1.29, 1.82) is 0 Å². The summed E-state index contributed by atoms with van der Waals surface area (Å²) in [6.07, 6.45) is 1.23. The average molecular weight is 410 g/mol. The van der Waals surface area contributed by atoms with E-state index in [4.69, 9.17) is 5.73 Å². The molecule has 1 heterocycles. The molecule has 4 aromatic rings. The van der Waals surface area contributed by atoms with E-state index in [0.717, 1.165) is 39.6 Å². The highest BCUT2D eigenvalue weighted by atomic mass is 16.1. The number of para-hydroxylation sites is 1. The highest BCUT2D eigenvalue weighted by Gasteiger charge is 2.26. The molecular formula is C26H25N4O+. The summed E-state index contributed by atoms with van der Waals surface area (Å²) in [7, 11) is 0. The van der Waals surface area contributed by atoms with Gasteiger partial charge in [0.05, 0.1) is 17.8 Å². The fourth-order valence-electron chi connectivity index (χ4n) is 3.77. The van der Waals surface area contributed by atoms with Gasteiger partial charge in [0, 0.05) is 22.2 Å². The number of aromatic nitrogens is 1. The standard InChI is InChI=1S/C26H24N4O/c1-3-19(26(27)31)16-18-8-12-21(13-9-18)29-30-22-14-10-20(11-15-22)25-17(2)28-24-7-5-4-6-23(24)25/h4-15H,3,16H2,1-2H3,(H2-,27,28,29,31)/p+1. The van der Waals surface area contributed by atoms with Crippen molar-refractivity contribution in [3.63, 3.8) is 0 Å². The van der Waals surface area contributed by atoms with Gasteiger partial charge in [-0.1, -0.05) is 42.5 Å². The monoisotopic (exact) mass is 409 g/mol. The Balaban J connectivity index is 1.48. The van der Waals surface area contributed by atoms with E-state index >= 15 is 0 Å². The summed E-state index contributed by atoms with van der Waals surface area (Å²) < 4.78 is 0. The number of H-pyrrole nitrogens is 1. The minimum atomic E-state index is -0.336. The van der Waals surface area contributed by atoms with Gasteiger partial charge >= 0.3 is 5.91 Å². The van der Waals surface area contributed by atoms with E-state index in [-0.39, 0.29) is 5.91 Å². The Labute approximate surface area is 182 Å². The zero-order chi connectivity index (χ0) is 21.8. The van der Waals surface area contributed by atoms with Crippen molar-refractivity contribution in [3.05, 3.63) is 90.0 Å². The van der Waals surface area contributed by atoms with Crippen molar-refractivity contribution >= 4 is 28.2 Å². The topological polar surface area (TPSA) is 83.6 Å². The van der Waals surface area contributed by atoms with Crippen molar-refractivity contribution < 1.29 is 4.79 Å². The molecule has 5 nitrogen and oxygen atoms in total. The first-order chi connectivity index (χ1) is 15.0. The first kappa shape index (κ1) is 20.4. The molecule has 154 valence electrons. The van der Waals surface area contributed by atoms with Gasteiger partial charge in [-0.05, 0) is 55.3 Å². The highest BCUT2D eigenvalue weighted by molar-refractivity contribution is 5.97. The fourth-order valence-corrected chi connectivity index (χ4v) is 3.77. The molecule has 0 spiro atoms. The number of nitrogens with one attached hydrogen (secondary N) is 1. The Bertz CT molecular complexity index is 1220. The number of azo groups is 1. The molecule has 4 rings (SSSR count). The third-order valence-electron chi connectivity index (χ3n) is 5.46. The number of rotatable bonds is 7. The fraction of sp³-hybridized carbons (Fsp3) is 0.154. The number of amides is 1. The van der Waals surface area contributed by atoms with Gasteiger partial charge in [-0.2, -0.15) is 10.2 Å². The zero-order valence-electron chi connectivity index (χ0n) is 17.7. The predicted molar refractivity (Wildman–Crippen MR) is 126 cm³/mol. The third-order valence-corrected chi connectivity index (χ3v) is 5.46. The largest absolute Gasteiger partial charge is 0.402 e. The van der Waals surface area contributed by atoms with Crippen molar-refractivity contribution in [2.45, 2.75) is 26.7 Å². The van der Waals surface area contributed by atoms with Gasteiger partial charge < -0.3 is 10.7 Å². The minimum Gasteiger partial charge on any atom is -0.358 e. The van der Waals surface area contributed by atoms with E-state index in [2.05, 4.69) is 52.5 Å². The van der Waals surface area contributed by atoms with E-state index in [0.29, 0.717) is 12.8 Å². The maximum atomic E-state index is 11.4. The van der Waals surface area contributed by atoms with Gasteiger partial charge in [0.15, 0.2) is 5.92 Å². The molecule has 3 N–H and O–H groups in total. The minimum absolute atomic E-state index is 0.336. The van der Waals surface area contributed by atoms with Crippen LogP contribution in [0.25, 0.3) is 22.0 Å². The zero-order valence-corrected chi connectivity index (χ0v) is 17.7. The molecule has 0 aliphatic rings. The molecule has 0 fully saturated rings. The SMILES string of the molecule is CC[C+](Cc1ccc(N=Nc2ccc(-c3c(C)[nH]c4ccccc34)cc2)cc1)C(N)=O. The number of primary amides is 1. The van der Waals surface area contributed by atoms with Crippen molar-refractivity contribution in [2.75, 3.05) is 0 Å². The maximum absolute atomic E-state index is 11.4. The van der Waals surface area contributed by atoms with Crippen LogP contribution in [0, 0.1) is 12.8 Å². The van der Waals surface area contributed by atoms with E-state index in [9.17, 15) is 4.79 Å². The predicted octanol–water partition coefficient (Wildman–Crippen LogP) is 6.57. The number of aryl methyl sites for hydroxylation is 1. The summed E-state index contributed by atoms with van der Waals surface area (Å²) in [5.74, 6) is 0.387. The Kier molecular flexibility index (Phi) is 5.85. The second kappa shape index (κ2) is 8.88. The normalized spacial score (nSPS) is 11.3. The first-order valence-corrected chi connectivity index (χ1v) is 10.4. The Morgan fingerprint density at radius 2 is 1.55 bits per heavy atom. The summed E-state index contributed by atoms with van der Waals surface area (Å²) in [5.41, 5.74) is 12.6. The number of hydrogen-bond donors (Lipinski definition) is 2. The lowest BCUT2D eigenvalue weighted by atomic mass is 9.96. The molecule has 0 unspecified atom stereocenters. The molecule has 0 aliphatic heterocycles. The van der Waals surface area contributed by atoms with Gasteiger partial charge in [0.1, 0.15) is 6.42 Å². The van der Waals surface area contributed by atoms with Crippen LogP contribution in [0.1, 0.15) is 24.6 Å². The lowest BCUT2D eigenvalue weighted by molar-refractivity contribution is -0.116. The number of carbonyl (C=O) groups is 1. The van der Waals surface area contributed by atoms with Gasteiger partial charge in [-0.15, -0.1) is 0 Å². The Hall–Kier alpha value is -3.86. The number of aromatic amines is 1. The molecule has 1 aromatic heterocycles. The molecule has 1 amide bonds. The molecular weight excluding hydrogens is 384 g/mol. The molecule has 0 radical (unpaired) electrons. The molecule has 5 heteroatoms. The van der Waals surface area contributed by atoms with E-state index in [1.807, 2.05) is 49.4 Å². The average Bonchev–Trinajstić information content (AvgIpc) is 3.12. The Morgan fingerprint density at radius 3 is 2.16 bits per heavy atom. The number of nitrogens with zero attached hydrogens (tertiary/aromatic N) is 2. The molecule has 0 saturated heterocycles. The lowest BCUT2D eigenvalue weighted by Crippen LogP contribution is -2.22. The number of benzene rings is 3. The van der Waals surface area contributed by atoms with Gasteiger partial charge in [0.2, 0.25) is 0 Å². The van der Waals surface area contributed by atoms with Crippen LogP contribution >= 0.6 is 0 Å². The van der Waals surface area contributed by atoms with Crippen LogP contribution < -0.4 is 5.73 Å². The highest BCUT2D eigenvalue weighted by Crippen LogP contribution is 2.33. The number of nitrogens with two attached hydrogens (primary N) is 1. The van der Waals surface area contributed by atoms with E-state index in [1.54, 1.807) is 0 Å². The molecule has 0 aliphatic carbocycles. The first-order valence-electron chi connectivity index (χ1n) is 10.4. The quantitative estimate of drug-likeness (QED) is 0.262. The molecule has 0 atom stereocenters. The number of carbonyl (C=O) groups excluding carboxylic acids is 1. The summed E-state index contributed by atoms with van der Waals surface area (Å²) >= 11 is 0.